The van der Waals surface area contributed by atoms with Crippen LogP contribution in [0.2, 0.25) is 0 Å². The molecule has 0 saturated carbocycles. The standard InChI is InChI=1S/C9H11FO3S/c1-3-13-8-5-4-7(2)6-9(8)14(10,11)12/h4-6H,3H2,1-2H3. The Morgan fingerprint density at radius 1 is 1.43 bits per heavy atom. The van der Waals surface area contributed by atoms with Crippen molar-refractivity contribution in [1.82, 2.24) is 0 Å². The van der Waals surface area contributed by atoms with E-state index >= 15 is 0 Å². The summed E-state index contributed by atoms with van der Waals surface area (Å²) >= 11 is 0. The van der Waals surface area contributed by atoms with Gasteiger partial charge in [0.15, 0.2) is 0 Å². The van der Waals surface area contributed by atoms with E-state index in [1.165, 1.54) is 12.1 Å². The molecule has 0 aliphatic rings. The second kappa shape index (κ2) is 3.96. The predicted octanol–water partition coefficient (Wildman–Crippen LogP) is 2.05. The molecule has 14 heavy (non-hydrogen) atoms. The molecule has 0 saturated heterocycles. The summed E-state index contributed by atoms with van der Waals surface area (Å²) in [6.07, 6.45) is 0. The molecule has 3 nitrogen and oxygen atoms in total. The maximum absolute atomic E-state index is 12.8. The highest BCUT2D eigenvalue weighted by Crippen LogP contribution is 2.26. The Kier molecular flexibility index (Phi) is 3.10. The predicted molar refractivity (Wildman–Crippen MR) is 50.6 cm³/mol. The van der Waals surface area contributed by atoms with Gasteiger partial charge in [0.2, 0.25) is 0 Å². The Morgan fingerprint density at radius 3 is 2.57 bits per heavy atom. The fourth-order valence-corrected chi connectivity index (χ4v) is 1.77. The third-order valence-electron chi connectivity index (χ3n) is 1.66. The number of benzene rings is 1. The third kappa shape index (κ3) is 2.45. The van der Waals surface area contributed by atoms with Gasteiger partial charge in [0.25, 0.3) is 0 Å². The van der Waals surface area contributed by atoms with Crippen LogP contribution in [0.15, 0.2) is 23.1 Å². The second-order valence-corrected chi connectivity index (χ2v) is 4.14. The minimum absolute atomic E-state index is 0.0561. The van der Waals surface area contributed by atoms with Gasteiger partial charge in [0, 0.05) is 0 Å². The number of rotatable bonds is 3. The van der Waals surface area contributed by atoms with Crippen molar-refractivity contribution >= 4 is 10.2 Å². The normalized spacial score (nSPS) is 11.4. The highest BCUT2D eigenvalue weighted by molar-refractivity contribution is 7.86. The summed E-state index contributed by atoms with van der Waals surface area (Å²) in [4.78, 5) is -0.403. The molecule has 0 N–H and O–H groups in total. The Hall–Kier alpha value is -1.10. The van der Waals surface area contributed by atoms with Gasteiger partial charge in [-0.2, -0.15) is 8.42 Å². The molecule has 0 aliphatic carbocycles. The molecule has 0 fully saturated rings. The van der Waals surface area contributed by atoms with Gasteiger partial charge in [-0.25, -0.2) is 0 Å². The Bertz CT molecular complexity index is 426. The van der Waals surface area contributed by atoms with Gasteiger partial charge in [-0.3, -0.25) is 0 Å². The van der Waals surface area contributed by atoms with E-state index in [9.17, 15) is 12.3 Å². The minimum atomic E-state index is -4.70. The molecule has 0 heterocycles. The van der Waals surface area contributed by atoms with Gasteiger partial charge in [-0.15, -0.1) is 3.89 Å². The van der Waals surface area contributed by atoms with Crippen LogP contribution >= 0.6 is 0 Å². The van der Waals surface area contributed by atoms with Crippen molar-refractivity contribution in [1.29, 1.82) is 0 Å². The summed E-state index contributed by atoms with van der Waals surface area (Å²) in [5.41, 5.74) is 0.671. The molecule has 0 amide bonds. The second-order valence-electron chi connectivity index (χ2n) is 2.82. The monoisotopic (exact) mass is 218 g/mol. The van der Waals surface area contributed by atoms with Crippen LogP contribution in [0.5, 0.6) is 5.75 Å². The molecule has 0 spiro atoms. The first-order chi connectivity index (χ1) is 6.45. The van der Waals surface area contributed by atoms with E-state index in [1.807, 2.05) is 0 Å². The molecule has 1 rings (SSSR count). The van der Waals surface area contributed by atoms with Crippen molar-refractivity contribution < 1.29 is 17.0 Å². The lowest BCUT2D eigenvalue weighted by Gasteiger charge is -2.07. The quantitative estimate of drug-likeness (QED) is 0.729. The minimum Gasteiger partial charge on any atom is -0.492 e. The highest BCUT2D eigenvalue weighted by atomic mass is 32.3. The summed E-state index contributed by atoms with van der Waals surface area (Å²) in [7, 11) is -4.70. The summed E-state index contributed by atoms with van der Waals surface area (Å²) in [5.74, 6) is 0.0561. The summed E-state index contributed by atoms with van der Waals surface area (Å²) in [6.45, 7) is 3.68. The lowest BCUT2D eigenvalue weighted by atomic mass is 10.2. The van der Waals surface area contributed by atoms with Gasteiger partial charge in [0.05, 0.1) is 6.61 Å². The van der Waals surface area contributed by atoms with Crippen molar-refractivity contribution in [3.05, 3.63) is 23.8 Å². The van der Waals surface area contributed by atoms with E-state index in [1.54, 1.807) is 19.9 Å². The van der Waals surface area contributed by atoms with Crippen molar-refractivity contribution in [3.8, 4) is 5.75 Å². The SMILES string of the molecule is CCOc1ccc(C)cc1S(=O)(=O)F. The first kappa shape index (κ1) is 11.0. The van der Waals surface area contributed by atoms with Crippen molar-refractivity contribution in [2.24, 2.45) is 0 Å². The van der Waals surface area contributed by atoms with Crippen molar-refractivity contribution in [2.75, 3.05) is 6.61 Å². The molecular weight excluding hydrogens is 207 g/mol. The van der Waals surface area contributed by atoms with Crippen LogP contribution in [-0.2, 0) is 10.2 Å². The largest absolute Gasteiger partial charge is 0.492 e. The van der Waals surface area contributed by atoms with Gasteiger partial charge in [0.1, 0.15) is 10.6 Å². The molecule has 0 bridgehead atoms. The lowest BCUT2D eigenvalue weighted by molar-refractivity contribution is 0.330. The topological polar surface area (TPSA) is 43.4 Å². The fourth-order valence-electron chi connectivity index (χ4n) is 1.08. The molecule has 0 unspecified atom stereocenters. The number of halogens is 1. The van der Waals surface area contributed by atoms with Crippen LogP contribution in [0.4, 0.5) is 3.89 Å². The molecule has 0 radical (unpaired) electrons. The van der Waals surface area contributed by atoms with E-state index in [4.69, 9.17) is 4.74 Å². The zero-order valence-corrected chi connectivity index (χ0v) is 8.77. The lowest BCUT2D eigenvalue weighted by Crippen LogP contribution is -2.00. The fraction of sp³-hybridized carbons (Fsp3) is 0.333. The molecule has 5 heteroatoms. The van der Waals surface area contributed by atoms with Crippen LogP contribution < -0.4 is 4.74 Å². The molecule has 78 valence electrons. The van der Waals surface area contributed by atoms with E-state index in [0.717, 1.165) is 0 Å². The van der Waals surface area contributed by atoms with Gasteiger partial charge in [-0.1, -0.05) is 6.07 Å². The number of ether oxygens (including phenoxy) is 1. The smallest absolute Gasteiger partial charge is 0.335 e. The van der Waals surface area contributed by atoms with E-state index in [2.05, 4.69) is 0 Å². The molecule has 0 atom stereocenters. The van der Waals surface area contributed by atoms with Crippen LogP contribution in [0.1, 0.15) is 12.5 Å². The van der Waals surface area contributed by atoms with Crippen LogP contribution in [-0.4, -0.2) is 15.0 Å². The van der Waals surface area contributed by atoms with Gasteiger partial charge < -0.3 is 4.74 Å². The van der Waals surface area contributed by atoms with E-state index in [0.29, 0.717) is 12.2 Å². The first-order valence-corrected chi connectivity index (χ1v) is 5.51. The molecule has 0 aromatic heterocycles. The number of hydrogen-bond donors (Lipinski definition) is 0. The van der Waals surface area contributed by atoms with E-state index < -0.39 is 15.1 Å². The van der Waals surface area contributed by atoms with Gasteiger partial charge in [-0.05, 0) is 31.5 Å². The summed E-state index contributed by atoms with van der Waals surface area (Å²) < 4.78 is 39.2. The van der Waals surface area contributed by atoms with Gasteiger partial charge >= 0.3 is 10.2 Å². The maximum Gasteiger partial charge on any atom is 0.335 e. The van der Waals surface area contributed by atoms with Crippen molar-refractivity contribution in [2.45, 2.75) is 18.7 Å². The molecular formula is C9H11FO3S. The number of hydrogen-bond acceptors (Lipinski definition) is 3. The van der Waals surface area contributed by atoms with Crippen LogP contribution in [0.25, 0.3) is 0 Å². The highest BCUT2D eigenvalue weighted by Gasteiger charge is 2.18. The zero-order valence-electron chi connectivity index (χ0n) is 7.95. The Balaban J connectivity index is 3.30. The summed E-state index contributed by atoms with van der Waals surface area (Å²) in [5, 5.41) is 0. The maximum atomic E-state index is 12.8. The van der Waals surface area contributed by atoms with Crippen molar-refractivity contribution in [3.63, 3.8) is 0 Å². The van der Waals surface area contributed by atoms with Crippen LogP contribution in [0.3, 0.4) is 0 Å². The molecule has 1 aromatic carbocycles. The molecule has 1 aromatic rings. The Labute approximate surface area is 82.7 Å². The molecule has 0 aliphatic heterocycles. The third-order valence-corrected chi connectivity index (χ3v) is 2.51. The van der Waals surface area contributed by atoms with E-state index in [-0.39, 0.29) is 5.75 Å². The Morgan fingerprint density at radius 2 is 2.07 bits per heavy atom. The summed E-state index contributed by atoms with van der Waals surface area (Å²) in [6, 6.07) is 4.37. The first-order valence-electron chi connectivity index (χ1n) is 4.13. The zero-order chi connectivity index (χ0) is 10.8. The number of aryl methyl sites for hydroxylation is 1. The van der Waals surface area contributed by atoms with Crippen LogP contribution in [0, 0.1) is 6.92 Å². The average Bonchev–Trinajstić information content (AvgIpc) is 2.07. The average molecular weight is 218 g/mol.